The van der Waals surface area contributed by atoms with Crippen molar-refractivity contribution in [3.8, 4) is 0 Å². The molecule has 134 valence electrons. The number of alkyl halides is 6. The smallest absolute Gasteiger partial charge is 0.417 e. The van der Waals surface area contributed by atoms with Crippen molar-refractivity contribution in [2.24, 2.45) is 11.8 Å². The summed E-state index contributed by atoms with van der Waals surface area (Å²) in [6.07, 6.45) is -9.37. The molecule has 1 heterocycles. The summed E-state index contributed by atoms with van der Waals surface area (Å²) in [5.41, 5.74) is -0.971. The SMILES string of the molecule is O=C(O)[C@@H]1CN(Cc2ccc(Cl)c(C(F)(F)F)c2)C[C@H]1C(F)(F)F. The average molecular weight is 376 g/mol. The Morgan fingerprint density at radius 3 is 2.29 bits per heavy atom. The summed E-state index contributed by atoms with van der Waals surface area (Å²) in [6.45, 7) is -1.19. The van der Waals surface area contributed by atoms with Gasteiger partial charge in [-0.1, -0.05) is 17.7 Å². The first-order valence-corrected chi connectivity index (χ1v) is 7.15. The largest absolute Gasteiger partial charge is 0.481 e. The van der Waals surface area contributed by atoms with Crippen LogP contribution in [-0.2, 0) is 17.5 Å². The van der Waals surface area contributed by atoms with E-state index in [2.05, 4.69) is 0 Å². The van der Waals surface area contributed by atoms with Crippen LogP contribution in [-0.4, -0.2) is 35.2 Å². The van der Waals surface area contributed by atoms with Crippen LogP contribution in [0.25, 0.3) is 0 Å². The number of hydrogen-bond donors (Lipinski definition) is 1. The Bertz CT molecular complexity index is 631. The first kappa shape index (κ1) is 18.9. The number of hydrogen-bond acceptors (Lipinski definition) is 2. The van der Waals surface area contributed by atoms with Gasteiger partial charge in [-0.25, -0.2) is 0 Å². The molecule has 1 N–H and O–H groups in total. The van der Waals surface area contributed by atoms with Gasteiger partial charge in [0, 0.05) is 19.6 Å². The molecule has 1 saturated heterocycles. The summed E-state index contributed by atoms with van der Waals surface area (Å²) in [6, 6.07) is 3.05. The Morgan fingerprint density at radius 1 is 1.21 bits per heavy atom. The number of rotatable bonds is 3. The third-order valence-corrected chi connectivity index (χ3v) is 4.21. The highest BCUT2D eigenvalue weighted by Gasteiger charge is 2.52. The average Bonchev–Trinajstić information content (AvgIpc) is 2.84. The highest BCUT2D eigenvalue weighted by Crippen LogP contribution is 2.39. The minimum absolute atomic E-state index is 0.110. The Morgan fingerprint density at radius 2 is 1.83 bits per heavy atom. The lowest BCUT2D eigenvalue weighted by Crippen LogP contribution is -2.33. The van der Waals surface area contributed by atoms with Gasteiger partial charge in [-0.2, -0.15) is 26.3 Å². The van der Waals surface area contributed by atoms with Crippen LogP contribution in [0, 0.1) is 11.8 Å². The lowest BCUT2D eigenvalue weighted by atomic mass is 9.96. The normalized spacial score (nSPS) is 22.8. The molecule has 0 aliphatic carbocycles. The predicted octanol–water partition coefficient (Wildman–Crippen LogP) is 4.05. The molecular formula is C14H12ClF6NO2. The van der Waals surface area contributed by atoms with E-state index in [4.69, 9.17) is 16.7 Å². The van der Waals surface area contributed by atoms with E-state index >= 15 is 0 Å². The van der Waals surface area contributed by atoms with Gasteiger partial charge >= 0.3 is 18.3 Å². The third kappa shape index (κ3) is 4.13. The lowest BCUT2D eigenvalue weighted by molar-refractivity contribution is -0.188. The number of likely N-dealkylation sites (tertiary alicyclic amines) is 1. The van der Waals surface area contributed by atoms with Crippen LogP contribution in [0.2, 0.25) is 5.02 Å². The molecule has 1 fully saturated rings. The zero-order valence-corrected chi connectivity index (χ0v) is 12.7. The zero-order chi connectivity index (χ0) is 18.3. The van der Waals surface area contributed by atoms with Crippen molar-refractivity contribution in [1.82, 2.24) is 4.90 Å². The van der Waals surface area contributed by atoms with Crippen molar-refractivity contribution in [3.63, 3.8) is 0 Å². The first-order chi connectivity index (χ1) is 10.9. The summed E-state index contributed by atoms with van der Waals surface area (Å²) in [5.74, 6) is -5.27. The molecule has 2 rings (SSSR count). The fraction of sp³-hybridized carbons (Fsp3) is 0.500. The van der Waals surface area contributed by atoms with E-state index in [1.54, 1.807) is 0 Å². The number of carboxylic acids is 1. The summed E-state index contributed by atoms with van der Waals surface area (Å²) >= 11 is 5.49. The van der Waals surface area contributed by atoms with Crippen LogP contribution in [0.15, 0.2) is 18.2 Å². The molecule has 0 bridgehead atoms. The van der Waals surface area contributed by atoms with E-state index in [0.29, 0.717) is 0 Å². The summed E-state index contributed by atoms with van der Waals surface area (Å²) in [4.78, 5) is 12.2. The van der Waals surface area contributed by atoms with Crippen molar-refractivity contribution in [1.29, 1.82) is 0 Å². The maximum absolute atomic E-state index is 12.9. The number of halogens is 7. The number of carboxylic acid groups (broad SMARTS) is 1. The van der Waals surface area contributed by atoms with Crippen LogP contribution in [0.5, 0.6) is 0 Å². The highest BCUT2D eigenvalue weighted by molar-refractivity contribution is 6.31. The van der Waals surface area contributed by atoms with Crippen LogP contribution in [0.4, 0.5) is 26.3 Å². The highest BCUT2D eigenvalue weighted by atomic mass is 35.5. The van der Waals surface area contributed by atoms with Crippen molar-refractivity contribution < 1.29 is 36.2 Å². The minimum Gasteiger partial charge on any atom is -0.481 e. The van der Waals surface area contributed by atoms with Crippen LogP contribution >= 0.6 is 11.6 Å². The van der Waals surface area contributed by atoms with Gasteiger partial charge in [0.25, 0.3) is 0 Å². The van der Waals surface area contributed by atoms with Gasteiger partial charge in [-0.05, 0) is 17.7 Å². The second-order valence-electron chi connectivity index (χ2n) is 5.60. The topological polar surface area (TPSA) is 40.5 Å². The fourth-order valence-electron chi connectivity index (χ4n) is 2.74. The second-order valence-corrected chi connectivity index (χ2v) is 6.01. The van der Waals surface area contributed by atoms with E-state index in [-0.39, 0.29) is 18.7 Å². The molecule has 1 aliphatic rings. The molecule has 0 spiro atoms. The molecule has 24 heavy (non-hydrogen) atoms. The van der Waals surface area contributed by atoms with Crippen molar-refractivity contribution in [2.75, 3.05) is 13.1 Å². The van der Waals surface area contributed by atoms with Gasteiger partial charge in [-0.15, -0.1) is 0 Å². The zero-order valence-electron chi connectivity index (χ0n) is 12.0. The molecule has 0 aromatic heterocycles. The molecule has 3 nitrogen and oxygen atoms in total. The monoisotopic (exact) mass is 375 g/mol. The van der Waals surface area contributed by atoms with Gasteiger partial charge in [-0.3, -0.25) is 9.69 Å². The molecule has 0 amide bonds. The molecule has 1 aliphatic heterocycles. The van der Waals surface area contributed by atoms with E-state index in [9.17, 15) is 31.1 Å². The quantitative estimate of drug-likeness (QED) is 0.810. The lowest BCUT2D eigenvalue weighted by Gasteiger charge is -2.19. The van der Waals surface area contributed by atoms with Crippen LogP contribution in [0.3, 0.4) is 0 Å². The van der Waals surface area contributed by atoms with Gasteiger partial charge in [0.1, 0.15) is 0 Å². The van der Waals surface area contributed by atoms with Crippen LogP contribution < -0.4 is 0 Å². The molecular weight excluding hydrogens is 364 g/mol. The van der Waals surface area contributed by atoms with E-state index < -0.39 is 47.3 Å². The Kier molecular flexibility index (Phi) is 5.06. The fourth-order valence-corrected chi connectivity index (χ4v) is 2.97. The van der Waals surface area contributed by atoms with E-state index in [0.717, 1.165) is 12.1 Å². The standard InChI is InChI=1S/C14H12ClF6NO2/c15-11-2-1-7(3-9(11)13(16,17)18)4-22-5-8(12(23)24)10(6-22)14(19,20)21/h1-3,8,10H,4-6H2,(H,23,24)/t8-,10-/m1/s1. The van der Waals surface area contributed by atoms with Crippen LogP contribution in [0.1, 0.15) is 11.1 Å². The third-order valence-electron chi connectivity index (χ3n) is 3.88. The molecule has 0 unspecified atom stereocenters. The predicted molar refractivity (Wildman–Crippen MR) is 72.4 cm³/mol. The molecule has 0 radical (unpaired) electrons. The van der Waals surface area contributed by atoms with Gasteiger partial charge in [0.15, 0.2) is 0 Å². The molecule has 10 heteroatoms. The molecule has 1 aromatic rings. The molecule has 1 aromatic carbocycles. The summed E-state index contributed by atoms with van der Waals surface area (Å²) in [7, 11) is 0. The van der Waals surface area contributed by atoms with Gasteiger partial charge in [0.2, 0.25) is 0 Å². The number of aliphatic carboxylic acids is 1. The maximum Gasteiger partial charge on any atom is 0.417 e. The Balaban J connectivity index is 2.19. The van der Waals surface area contributed by atoms with Gasteiger partial charge in [0.05, 0.1) is 22.4 Å². The summed E-state index contributed by atoms with van der Waals surface area (Å²) in [5, 5.41) is 8.42. The Hall–Kier alpha value is -1.48. The van der Waals surface area contributed by atoms with E-state index in [1.165, 1.54) is 11.0 Å². The minimum atomic E-state index is -4.69. The second kappa shape index (κ2) is 6.44. The molecule has 0 saturated carbocycles. The van der Waals surface area contributed by atoms with E-state index in [1.807, 2.05) is 0 Å². The summed E-state index contributed by atoms with van der Waals surface area (Å²) < 4.78 is 77.1. The number of carbonyl (C=O) groups is 1. The number of nitrogens with zero attached hydrogens (tertiary/aromatic N) is 1. The molecule has 2 atom stereocenters. The number of benzene rings is 1. The first-order valence-electron chi connectivity index (χ1n) is 6.77. The van der Waals surface area contributed by atoms with Crippen molar-refractivity contribution in [3.05, 3.63) is 34.3 Å². The Labute approximate surface area is 137 Å². The van der Waals surface area contributed by atoms with Gasteiger partial charge < -0.3 is 5.11 Å². The van der Waals surface area contributed by atoms with Crippen molar-refractivity contribution >= 4 is 17.6 Å². The maximum atomic E-state index is 12.9. The van der Waals surface area contributed by atoms with Crippen molar-refractivity contribution in [2.45, 2.75) is 18.9 Å².